The summed E-state index contributed by atoms with van der Waals surface area (Å²) in [6.07, 6.45) is 5.78. The van der Waals surface area contributed by atoms with Crippen LogP contribution in [-0.2, 0) is 0 Å². The number of rotatable bonds is 4. The first kappa shape index (κ1) is 24.4. The van der Waals surface area contributed by atoms with Crippen molar-refractivity contribution in [1.82, 2.24) is 19.3 Å². The second-order valence-corrected chi connectivity index (χ2v) is 18.8. The van der Waals surface area contributed by atoms with Crippen LogP contribution in [0.15, 0.2) is 158 Å². The molecule has 8 aromatic rings. The summed E-state index contributed by atoms with van der Waals surface area (Å²) in [4.78, 5) is 5.11. The summed E-state index contributed by atoms with van der Waals surface area (Å²) >= 11 is -3.45. The quantitative estimate of drug-likeness (QED) is 0.239. The molecule has 1 aliphatic heterocycles. The van der Waals surface area contributed by atoms with Gasteiger partial charge in [0, 0.05) is 0 Å². The number of hydrogen-bond acceptors (Lipinski definition) is 2. The molecule has 1 aliphatic rings. The van der Waals surface area contributed by atoms with Crippen LogP contribution in [0.4, 0.5) is 0 Å². The zero-order valence-corrected chi connectivity index (χ0v) is 25.4. The second kappa shape index (κ2) is 9.41. The molecule has 0 fully saturated rings. The Morgan fingerprint density at radius 2 is 1.26 bits per heavy atom. The molecule has 0 radical (unpaired) electrons. The maximum atomic E-state index is 5.11. The Bertz CT molecular complexity index is 2260. The molecule has 0 saturated heterocycles. The normalized spacial score (nSPS) is 13.3. The van der Waals surface area contributed by atoms with Crippen molar-refractivity contribution in [1.29, 1.82) is 0 Å². The molecule has 0 atom stereocenters. The van der Waals surface area contributed by atoms with Crippen molar-refractivity contribution in [3.8, 4) is 22.5 Å². The summed E-state index contributed by atoms with van der Waals surface area (Å²) < 4.78 is 9.83. The third kappa shape index (κ3) is 3.44. The van der Waals surface area contributed by atoms with Gasteiger partial charge in [-0.15, -0.1) is 0 Å². The van der Waals surface area contributed by atoms with Crippen LogP contribution in [0, 0.1) is 0 Å². The van der Waals surface area contributed by atoms with Gasteiger partial charge in [0.1, 0.15) is 0 Å². The van der Waals surface area contributed by atoms with Gasteiger partial charge in [-0.1, -0.05) is 0 Å². The van der Waals surface area contributed by atoms with Crippen molar-refractivity contribution >= 4 is 52.8 Å². The van der Waals surface area contributed by atoms with E-state index in [1.165, 1.54) is 45.1 Å². The Kier molecular flexibility index (Phi) is 5.34. The molecular formula is C38H26GeN4. The van der Waals surface area contributed by atoms with E-state index in [1.54, 1.807) is 0 Å². The molecule has 43 heavy (non-hydrogen) atoms. The van der Waals surface area contributed by atoms with Gasteiger partial charge in [0.05, 0.1) is 0 Å². The first-order valence-corrected chi connectivity index (χ1v) is 18.8. The van der Waals surface area contributed by atoms with Gasteiger partial charge in [0.25, 0.3) is 0 Å². The number of hydrogen-bond donors (Lipinski definition) is 0. The molecule has 9 rings (SSSR count). The molecule has 0 aliphatic carbocycles. The van der Waals surface area contributed by atoms with Crippen molar-refractivity contribution in [3.63, 3.8) is 0 Å². The molecule has 3 aromatic heterocycles. The zero-order chi connectivity index (χ0) is 28.4. The van der Waals surface area contributed by atoms with E-state index < -0.39 is 13.3 Å². The monoisotopic (exact) mass is 612 g/mol. The van der Waals surface area contributed by atoms with Gasteiger partial charge < -0.3 is 0 Å². The van der Waals surface area contributed by atoms with Gasteiger partial charge >= 0.3 is 253 Å². The summed E-state index contributed by atoms with van der Waals surface area (Å²) in [5, 5.41) is 6.98. The van der Waals surface area contributed by atoms with Crippen LogP contribution in [0.3, 0.4) is 0 Å². The van der Waals surface area contributed by atoms with Gasteiger partial charge in [0.2, 0.25) is 0 Å². The first-order valence-electron chi connectivity index (χ1n) is 14.6. The van der Waals surface area contributed by atoms with Crippen molar-refractivity contribution in [2.45, 2.75) is 0 Å². The van der Waals surface area contributed by atoms with Crippen molar-refractivity contribution in [3.05, 3.63) is 158 Å². The van der Waals surface area contributed by atoms with E-state index in [4.69, 9.17) is 4.98 Å². The van der Waals surface area contributed by atoms with E-state index in [0.29, 0.717) is 0 Å². The number of benzene rings is 5. The Labute approximate surface area is 251 Å². The van der Waals surface area contributed by atoms with E-state index in [9.17, 15) is 0 Å². The van der Waals surface area contributed by atoms with Crippen LogP contribution in [-0.4, -0.2) is 32.6 Å². The van der Waals surface area contributed by atoms with Crippen molar-refractivity contribution < 1.29 is 0 Å². The molecule has 202 valence electrons. The Morgan fingerprint density at radius 3 is 2.02 bits per heavy atom. The van der Waals surface area contributed by atoms with Crippen LogP contribution >= 0.6 is 0 Å². The fourth-order valence-electron chi connectivity index (χ4n) is 7.23. The van der Waals surface area contributed by atoms with E-state index >= 15 is 0 Å². The minimum atomic E-state index is -3.45. The van der Waals surface area contributed by atoms with Gasteiger partial charge in [-0.2, -0.15) is 0 Å². The summed E-state index contributed by atoms with van der Waals surface area (Å²) in [6, 6.07) is 51.0. The summed E-state index contributed by atoms with van der Waals surface area (Å²) in [5.41, 5.74) is 7.24. The number of fused-ring (bicyclic) bond motifs is 6. The second-order valence-electron chi connectivity index (χ2n) is 11.1. The maximum absolute atomic E-state index is 5.11. The standard InChI is InChI=1S/C38H26GeN4/c1-4-16-34-30(13-1)31-14-2-5-17-35(31)39(34,38-19-7-8-22-40-38)27-11-9-12-29(25-27)43-36-18-6-3-15-32(36)33-21-20-28(26-37(33)43)42-24-10-23-41-42/h1-26H. The topological polar surface area (TPSA) is 35.6 Å². The molecule has 5 aromatic carbocycles. The van der Waals surface area contributed by atoms with E-state index in [2.05, 4.69) is 137 Å². The van der Waals surface area contributed by atoms with Crippen molar-refractivity contribution in [2.75, 3.05) is 0 Å². The molecule has 4 heterocycles. The fourth-order valence-corrected chi connectivity index (χ4v) is 17.8. The van der Waals surface area contributed by atoms with Crippen molar-refractivity contribution in [2.24, 2.45) is 0 Å². The molecule has 0 bridgehead atoms. The van der Waals surface area contributed by atoms with Crippen LogP contribution < -0.4 is 17.7 Å². The third-order valence-electron chi connectivity index (χ3n) is 8.97. The Hall–Kier alpha value is -5.20. The predicted octanol–water partition coefficient (Wildman–Crippen LogP) is 5.72. The third-order valence-corrected chi connectivity index (χ3v) is 18.9. The molecule has 0 unspecified atom stereocenters. The minimum absolute atomic E-state index is 1.04. The van der Waals surface area contributed by atoms with Crippen LogP contribution in [0.1, 0.15) is 0 Å². The molecule has 0 N–H and O–H groups in total. The number of pyridine rings is 1. The predicted molar refractivity (Wildman–Crippen MR) is 178 cm³/mol. The van der Waals surface area contributed by atoms with Crippen LogP contribution in [0.25, 0.3) is 44.3 Å². The van der Waals surface area contributed by atoms with Gasteiger partial charge in [-0.25, -0.2) is 0 Å². The van der Waals surface area contributed by atoms with E-state index in [1.807, 2.05) is 35.4 Å². The summed E-state index contributed by atoms with van der Waals surface area (Å²) in [5.74, 6) is 0. The summed E-state index contributed by atoms with van der Waals surface area (Å²) in [7, 11) is 0. The van der Waals surface area contributed by atoms with Gasteiger partial charge in [0.15, 0.2) is 0 Å². The Morgan fingerprint density at radius 1 is 0.512 bits per heavy atom. The molecule has 5 heteroatoms. The van der Waals surface area contributed by atoms with Gasteiger partial charge in [-0.3, -0.25) is 0 Å². The van der Waals surface area contributed by atoms with Crippen LogP contribution in [0.2, 0.25) is 0 Å². The van der Waals surface area contributed by atoms with E-state index in [-0.39, 0.29) is 0 Å². The summed E-state index contributed by atoms with van der Waals surface area (Å²) in [6.45, 7) is 0. The fraction of sp³-hybridized carbons (Fsp3) is 0. The average Bonchev–Trinajstić information content (AvgIpc) is 3.80. The number of nitrogens with zero attached hydrogens (tertiary/aromatic N) is 4. The number of aromatic nitrogens is 4. The molecule has 4 nitrogen and oxygen atoms in total. The molecule has 0 spiro atoms. The van der Waals surface area contributed by atoms with Crippen LogP contribution in [0.5, 0.6) is 0 Å². The SMILES string of the molecule is c1cc[c]([Ge]2([c]3cccc(-n4c5ccccc5c5ccc(-n6cccn6)cc54)c3)[c]3ccccc3-c3cccc[c]32)nc1. The van der Waals surface area contributed by atoms with E-state index in [0.717, 1.165) is 16.9 Å². The average molecular weight is 611 g/mol. The molecule has 0 saturated carbocycles. The zero-order valence-electron chi connectivity index (χ0n) is 23.3. The number of para-hydroxylation sites is 1. The molecule has 0 amide bonds. The Balaban J connectivity index is 1.36. The molecular weight excluding hydrogens is 585 g/mol. The first-order chi connectivity index (χ1) is 21.3. The van der Waals surface area contributed by atoms with Gasteiger partial charge in [-0.05, 0) is 0 Å².